The highest BCUT2D eigenvalue weighted by molar-refractivity contribution is 6.05. The summed E-state index contributed by atoms with van der Waals surface area (Å²) >= 11 is 0. The van der Waals surface area contributed by atoms with Crippen molar-refractivity contribution in [3.8, 4) is 5.75 Å². The lowest BCUT2D eigenvalue weighted by Crippen LogP contribution is -2.35. The Morgan fingerprint density at radius 3 is 2.40 bits per heavy atom. The van der Waals surface area contributed by atoms with Crippen LogP contribution < -0.4 is 5.32 Å². The molecule has 2 N–H and O–H groups in total. The van der Waals surface area contributed by atoms with E-state index in [0.717, 1.165) is 38.2 Å². The molecule has 3 aromatic carbocycles. The fraction of sp³-hybridized carbons (Fsp3) is 0.259. The molecule has 1 fully saturated rings. The van der Waals surface area contributed by atoms with E-state index < -0.39 is 17.5 Å². The van der Waals surface area contributed by atoms with E-state index in [1.54, 1.807) is 4.90 Å². The van der Waals surface area contributed by atoms with Gasteiger partial charge in [0.05, 0.1) is 5.56 Å². The smallest absolute Gasteiger partial charge is 0.257 e. The molecule has 0 aliphatic carbocycles. The van der Waals surface area contributed by atoms with E-state index in [1.807, 2.05) is 12.1 Å². The van der Waals surface area contributed by atoms with Crippen LogP contribution in [0.5, 0.6) is 5.75 Å². The molecule has 0 bridgehead atoms. The summed E-state index contributed by atoms with van der Waals surface area (Å²) in [6.45, 7) is 5.62. The quantitative estimate of drug-likeness (QED) is 0.562. The number of amides is 2. The van der Waals surface area contributed by atoms with Gasteiger partial charge < -0.3 is 15.3 Å². The molecule has 6 nitrogen and oxygen atoms in total. The number of nitrogens with one attached hydrogen (secondary N) is 1. The van der Waals surface area contributed by atoms with Crippen LogP contribution in [-0.2, 0) is 6.54 Å². The number of carbonyl (C=O) groups excluding carboxylic acids is 2. The molecule has 182 valence electrons. The van der Waals surface area contributed by atoms with Crippen LogP contribution in [0.25, 0.3) is 0 Å². The molecule has 0 aromatic heterocycles. The normalized spacial score (nSPS) is 14.4. The van der Waals surface area contributed by atoms with Crippen molar-refractivity contribution in [1.82, 2.24) is 9.80 Å². The first kappa shape index (κ1) is 24.3. The van der Waals surface area contributed by atoms with Crippen LogP contribution in [0.1, 0.15) is 38.3 Å². The van der Waals surface area contributed by atoms with Crippen LogP contribution in [0.4, 0.5) is 14.5 Å². The third-order valence-corrected chi connectivity index (χ3v) is 6.14. The van der Waals surface area contributed by atoms with Crippen molar-refractivity contribution >= 4 is 17.5 Å². The second-order valence-electron chi connectivity index (χ2n) is 8.69. The summed E-state index contributed by atoms with van der Waals surface area (Å²) in [6, 6.07) is 14.9. The minimum absolute atomic E-state index is 0.132. The molecule has 35 heavy (non-hydrogen) atoms. The van der Waals surface area contributed by atoms with Crippen LogP contribution in [-0.4, -0.2) is 52.9 Å². The highest BCUT2D eigenvalue weighted by atomic mass is 19.1. The van der Waals surface area contributed by atoms with Gasteiger partial charge in [0.15, 0.2) is 0 Å². The van der Waals surface area contributed by atoms with Gasteiger partial charge in [0, 0.05) is 56.1 Å². The van der Waals surface area contributed by atoms with Crippen LogP contribution in [0, 0.1) is 18.6 Å². The lowest BCUT2D eigenvalue weighted by molar-refractivity contribution is 0.0758. The number of halogens is 2. The van der Waals surface area contributed by atoms with Crippen molar-refractivity contribution in [3.05, 3.63) is 94.6 Å². The van der Waals surface area contributed by atoms with Crippen LogP contribution >= 0.6 is 0 Å². The Morgan fingerprint density at radius 2 is 1.69 bits per heavy atom. The Hall–Kier alpha value is -3.78. The summed E-state index contributed by atoms with van der Waals surface area (Å²) in [5.41, 5.74) is 2.65. The van der Waals surface area contributed by atoms with Gasteiger partial charge in [0.2, 0.25) is 0 Å². The van der Waals surface area contributed by atoms with Gasteiger partial charge in [-0.2, -0.15) is 0 Å². The van der Waals surface area contributed by atoms with Crippen LogP contribution in [0.3, 0.4) is 0 Å². The molecule has 0 atom stereocenters. The molecule has 1 saturated heterocycles. The molecular weight excluding hydrogens is 452 g/mol. The largest absolute Gasteiger partial charge is 0.507 e. The maximum absolute atomic E-state index is 13.4. The number of aryl methyl sites for hydroxylation is 1. The molecule has 0 unspecified atom stereocenters. The zero-order valence-corrected chi connectivity index (χ0v) is 19.4. The number of anilines is 1. The van der Waals surface area contributed by atoms with E-state index in [-0.39, 0.29) is 28.5 Å². The predicted molar refractivity (Wildman–Crippen MR) is 129 cm³/mol. The van der Waals surface area contributed by atoms with E-state index in [2.05, 4.69) is 29.3 Å². The summed E-state index contributed by atoms with van der Waals surface area (Å²) in [5, 5.41) is 13.0. The zero-order valence-electron chi connectivity index (χ0n) is 19.4. The average molecular weight is 480 g/mol. The number of benzene rings is 3. The Kier molecular flexibility index (Phi) is 7.41. The van der Waals surface area contributed by atoms with Crippen molar-refractivity contribution in [2.75, 3.05) is 31.5 Å². The van der Waals surface area contributed by atoms with Gasteiger partial charge in [-0.1, -0.05) is 24.3 Å². The SMILES string of the molecule is Cc1ccccc1CN1CCCN(C(=O)c2ccc(NC(=O)c3cc(F)cc(F)c3)cc2O)CC1. The first-order chi connectivity index (χ1) is 16.8. The Balaban J connectivity index is 1.39. The molecule has 8 heteroatoms. The van der Waals surface area contributed by atoms with Gasteiger partial charge in [-0.15, -0.1) is 0 Å². The number of aromatic hydroxyl groups is 1. The van der Waals surface area contributed by atoms with Gasteiger partial charge in [0.25, 0.3) is 11.8 Å². The maximum atomic E-state index is 13.4. The summed E-state index contributed by atoms with van der Waals surface area (Å²) in [7, 11) is 0. The van der Waals surface area contributed by atoms with Gasteiger partial charge in [-0.25, -0.2) is 8.78 Å². The van der Waals surface area contributed by atoms with Crippen LogP contribution in [0.2, 0.25) is 0 Å². The number of hydrogen-bond donors (Lipinski definition) is 2. The van der Waals surface area contributed by atoms with Crippen LogP contribution in [0.15, 0.2) is 60.7 Å². The number of nitrogens with zero attached hydrogens (tertiary/aromatic N) is 2. The Labute approximate surface area is 202 Å². The lowest BCUT2D eigenvalue weighted by atomic mass is 10.1. The molecular formula is C27H27F2N3O3. The van der Waals surface area contributed by atoms with Gasteiger partial charge in [-0.05, 0) is 48.7 Å². The van der Waals surface area contributed by atoms with E-state index in [1.165, 1.54) is 29.3 Å². The molecule has 3 aromatic rings. The van der Waals surface area contributed by atoms with Gasteiger partial charge in [-0.3, -0.25) is 14.5 Å². The highest BCUT2D eigenvalue weighted by Gasteiger charge is 2.23. The Bertz CT molecular complexity index is 1230. The maximum Gasteiger partial charge on any atom is 0.257 e. The third kappa shape index (κ3) is 6.02. The highest BCUT2D eigenvalue weighted by Crippen LogP contribution is 2.25. The van der Waals surface area contributed by atoms with E-state index in [4.69, 9.17) is 0 Å². The zero-order chi connectivity index (χ0) is 24.9. The monoisotopic (exact) mass is 479 g/mol. The molecule has 0 radical (unpaired) electrons. The minimum atomic E-state index is -0.867. The molecule has 1 aliphatic rings. The van der Waals surface area contributed by atoms with Crippen molar-refractivity contribution in [2.24, 2.45) is 0 Å². The summed E-state index contributed by atoms with van der Waals surface area (Å²) < 4.78 is 26.8. The first-order valence-corrected chi connectivity index (χ1v) is 11.5. The van der Waals surface area contributed by atoms with E-state index >= 15 is 0 Å². The average Bonchev–Trinajstić information content (AvgIpc) is 3.05. The van der Waals surface area contributed by atoms with Gasteiger partial charge in [0.1, 0.15) is 17.4 Å². The predicted octanol–water partition coefficient (Wildman–Crippen LogP) is 4.58. The summed E-state index contributed by atoms with van der Waals surface area (Å²) in [6.07, 6.45) is 0.816. The number of phenols is 1. The molecule has 2 amide bonds. The topological polar surface area (TPSA) is 72.9 Å². The van der Waals surface area contributed by atoms with Crippen molar-refractivity contribution in [3.63, 3.8) is 0 Å². The minimum Gasteiger partial charge on any atom is -0.507 e. The number of hydrogen-bond acceptors (Lipinski definition) is 4. The third-order valence-electron chi connectivity index (χ3n) is 6.14. The second-order valence-corrected chi connectivity index (χ2v) is 8.69. The molecule has 4 rings (SSSR count). The van der Waals surface area contributed by atoms with E-state index in [9.17, 15) is 23.5 Å². The van der Waals surface area contributed by atoms with Crippen molar-refractivity contribution in [2.45, 2.75) is 19.9 Å². The summed E-state index contributed by atoms with van der Waals surface area (Å²) in [4.78, 5) is 29.5. The standard InChI is InChI=1S/C27H27F2N3O3/c1-18-5-2-3-6-19(18)17-31-9-4-10-32(12-11-31)27(35)24-8-7-23(16-25(24)33)30-26(34)20-13-21(28)15-22(29)14-20/h2-3,5-8,13-16,33H,4,9-12,17H2,1H3,(H,30,34). The Morgan fingerprint density at radius 1 is 0.943 bits per heavy atom. The fourth-order valence-corrected chi connectivity index (χ4v) is 4.21. The van der Waals surface area contributed by atoms with Gasteiger partial charge >= 0.3 is 0 Å². The molecule has 1 aliphatic heterocycles. The molecule has 1 heterocycles. The molecule has 0 saturated carbocycles. The first-order valence-electron chi connectivity index (χ1n) is 11.5. The number of rotatable bonds is 5. The van der Waals surface area contributed by atoms with E-state index in [0.29, 0.717) is 19.2 Å². The molecule has 0 spiro atoms. The second kappa shape index (κ2) is 10.7. The summed E-state index contributed by atoms with van der Waals surface area (Å²) in [5.74, 6) is -3.03. The van der Waals surface area contributed by atoms with Crippen molar-refractivity contribution < 1.29 is 23.5 Å². The number of carbonyl (C=O) groups is 2. The lowest BCUT2D eigenvalue weighted by Gasteiger charge is -2.23. The van der Waals surface area contributed by atoms with Crippen molar-refractivity contribution in [1.29, 1.82) is 0 Å². The number of phenolic OH excluding ortho intramolecular Hbond substituents is 1. The fourth-order valence-electron chi connectivity index (χ4n) is 4.21.